The van der Waals surface area contributed by atoms with Gasteiger partial charge in [0.2, 0.25) is 0 Å². The minimum Gasteiger partial charge on any atom is -0.376 e. The van der Waals surface area contributed by atoms with Crippen molar-refractivity contribution in [3.05, 3.63) is 189 Å². The summed E-state index contributed by atoms with van der Waals surface area (Å²) in [5, 5.41) is 18.2. The standard InChI is InChI=1S/C44H33BrO/c1-42(2)38-24-33(45)20-21-34(38)35-25-40-41(26-39(35)42)44(46,32-19-17-28-11-5-7-13-30(28)23-32)37-15-9-8-14-36(37)43(40,3)31-18-16-27-10-4-6-12-29(27)22-31/h4-26,46H,1-3H3. The van der Waals surface area contributed by atoms with E-state index in [-0.39, 0.29) is 5.41 Å². The average Bonchev–Trinajstić information content (AvgIpc) is 3.30. The van der Waals surface area contributed by atoms with Crippen LogP contribution in [0.1, 0.15) is 65.3 Å². The van der Waals surface area contributed by atoms with Crippen molar-refractivity contribution in [1.29, 1.82) is 0 Å². The molecular formula is C44H33BrO. The van der Waals surface area contributed by atoms with Crippen LogP contribution in [0, 0.1) is 0 Å². The van der Waals surface area contributed by atoms with Gasteiger partial charge in [-0.2, -0.15) is 0 Å². The summed E-state index contributed by atoms with van der Waals surface area (Å²) in [6.45, 7) is 6.97. The molecule has 1 N–H and O–H groups in total. The van der Waals surface area contributed by atoms with E-state index < -0.39 is 11.0 Å². The fourth-order valence-electron chi connectivity index (χ4n) is 8.53. The topological polar surface area (TPSA) is 20.2 Å². The highest BCUT2D eigenvalue weighted by atomic mass is 79.9. The van der Waals surface area contributed by atoms with Crippen molar-refractivity contribution in [2.24, 2.45) is 0 Å². The second-order valence-electron chi connectivity index (χ2n) is 13.8. The first-order valence-electron chi connectivity index (χ1n) is 16.0. The number of halogens is 1. The van der Waals surface area contributed by atoms with Gasteiger partial charge in [0, 0.05) is 15.3 Å². The lowest BCUT2D eigenvalue weighted by Crippen LogP contribution is -2.43. The van der Waals surface area contributed by atoms with E-state index in [4.69, 9.17) is 0 Å². The number of benzene rings is 7. The van der Waals surface area contributed by atoms with Crippen LogP contribution in [0.5, 0.6) is 0 Å². The third-order valence-corrected chi connectivity index (χ3v) is 11.5. The van der Waals surface area contributed by atoms with E-state index in [1.165, 1.54) is 38.6 Å². The van der Waals surface area contributed by atoms with Crippen molar-refractivity contribution in [2.45, 2.75) is 37.2 Å². The van der Waals surface area contributed by atoms with E-state index in [0.29, 0.717) is 0 Å². The van der Waals surface area contributed by atoms with E-state index in [9.17, 15) is 5.11 Å². The molecule has 0 heterocycles. The monoisotopic (exact) mass is 656 g/mol. The van der Waals surface area contributed by atoms with Crippen molar-refractivity contribution in [3.8, 4) is 11.1 Å². The lowest BCUT2D eigenvalue weighted by Gasteiger charge is -2.47. The first-order valence-corrected chi connectivity index (χ1v) is 16.8. The SMILES string of the molecule is CC1(C)c2cc(Br)ccc2-c2cc3c(cc21)C(O)(c1ccc2ccccc2c1)c1ccccc1C3(C)c1ccc2ccccc2c1. The van der Waals surface area contributed by atoms with Crippen LogP contribution >= 0.6 is 15.9 Å². The molecule has 0 bridgehead atoms. The van der Waals surface area contributed by atoms with Gasteiger partial charge in [0.25, 0.3) is 0 Å². The van der Waals surface area contributed by atoms with Gasteiger partial charge in [0.1, 0.15) is 5.60 Å². The highest BCUT2D eigenvalue weighted by Crippen LogP contribution is 2.59. The molecule has 7 aromatic carbocycles. The van der Waals surface area contributed by atoms with Gasteiger partial charge in [0.05, 0.1) is 0 Å². The summed E-state index contributed by atoms with van der Waals surface area (Å²) in [6, 6.07) is 50.2. The summed E-state index contributed by atoms with van der Waals surface area (Å²) < 4.78 is 1.08. The second-order valence-corrected chi connectivity index (χ2v) is 14.7. The fraction of sp³-hybridized carbons (Fsp3) is 0.136. The van der Waals surface area contributed by atoms with Gasteiger partial charge < -0.3 is 5.11 Å². The summed E-state index contributed by atoms with van der Waals surface area (Å²) in [4.78, 5) is 0. The molecule has 9 rings (SSSR count). The maximum atomic E-state index is 13.5. The lowest BCUT2D eigenvalue weighted by molar-refractivity contribution is 0.118. The molecule has 0 spiro atoms. The van der Waals surface area contributed by atoms with Gasteiger partial charge in [-0.05, 0) is 114 Å². The molecule has 0 fully saturated rings. The predicted molar refractivity (Wildman–Crippen MR) is 194 cm³/mol. The molecule has 0 saturated carbocycles. The average molecular weight is 658 g/mol. The van der Waals surface area contributed by atoms with Crippen LogP contribution in [-0.2, 0) is 16.4 Å². The Labute approximate surface area is 278 Å². The van der Waals surface area contributed by atoms with E-state index in [1.54, 1.807) is 0 Å². The minimum absolute atomic E-state index is 0.232. The second kappa shape index (κ2) is 9.51. The molecule has 222 valence electrons. The van der Waals surface area contributed by atoms with Crippen molar-refractivity contribution in [1.82, 2.24) is 0 Å². The molecule has 0 radical (unpaired) electrons. The maximum absolute atomic E-state index is 13.5. The quantitative estimate of drug-likeness (QED) is 0.196. The van der Waals surface area contributed by atoms with Gasteiger partial charge in [-0.15, -0.1) is 0 Å². The van der Waals surface area contributed by atoms with E-state index in [0.717, 1.165) is 43.1 Å². The first-order chi connectivity index (χ1) is 22.2. The van der Waals surface area contributed by atoms with Crippen LogP contribution < -0.4 is 0 Å². The highest BCUT2D eigenvalue weighted by molar-refractivity contribution is 9.10. The Morgan fingerprint density at radius 2 is 1.00 bits per heavy atom. The van der Waals surface area contributed by atoms with Crippen LogP contribution in [0.3, 0.4) is 0 Å². The van der Waals surface area contributed by atoms with Gasteiger partial charge in [-0.3, -0.25) is 0 Å². The van der Waals surface area contributed by atoms with Crippen LogP contribution in [-0.4, -0.2) is 5.11 Å². The number of fused-ring (bicyclic) bond motifs is 7. The van der Waals surface area contributed by atoms with E-state index in [1.807, 2.05) is 0 Å². The van der Waals surface area contributed by atoms with Crippen LogP contribution in [0.25, 0.3) is 32.7 Å². The largest absolute Gasteiger partial charge is 0.376 e. The first kappa shape index (κ1) is 27.8. The summed E-state index contributed by atoms with van der Waals surface area (Å²) in [7, 11) is 0. The van der Waals surface area contributed by atoms with E-state index in [2.05, 4.69) is 176 Å². The number of aliphatic hydroxyl groups is 1. The third kappa shape index (κ3) is 3.60. The highest BCUT2D eigenvalue weighted by Gasteiger charge is 2.51. The zero-order valence-corrected chi connectivity index (χ0v) is 27.7. The molecule has 0 amide bonds. The van der Waals surface area contributed by atoms with Crippen LogP contribution in [0.2, 0.25) is 0 Å². The number of hydrogen-bond donors (Lipinski definition) is 1. The van der Waals surface area contributed by atoms with E-state index >= 15 is 0 Å². The zero-order chi connectivity index (χ0) is 31.4. The molecular weight excluding hydrogens is 624 g/mol. The molecule has 2 heteroatoms. The number of hydrogen-bond acceptors (Lipinski definition) is 1. The summed E-state index contributed by atoms with van der Waals surface area (Å²) in [5.74, 6) is 0. The molecule has 2 aliphatic carbocycles. The summed E-state index contributed by atoms with van der Waals surface area (Å²) in [6.07, 6.45) is 0. The molecule has 0 aliphatic heterocycles. The maximum Gasteiger partial charge on any atom is 0.141 e. The normalized spacial score (nSPS) is 20.6. The van der Waals surface area contributed by atoms with Gasteiger partial charge in [0.15, 0.2) is 0 Å². The molecule has 0 saturated heterocycles. The molecule has 2 atom stereocenters. The number of rotatable bonds is 2. The van der Waals surface area contributed by atoms with Crippen molar-refractivity contribution in [3.63, 3.8) is 0 Å². The van der Waals surface area contributed by atoms with Crippen LogP contribution in [0.4, 0.5) is 0 Å². The molecule has 7 aromatic rings. The molecule has 0 aromatic heterocycles. The van der Waals surface area contributed by atoms with Gasteiger partial charge >= 0.3 is 0 Å². The summed E-state index contributed by atoms with van der Waals surface area (Å²) in [5.41, 5.74) is 9.22. The zero-order valence-electron chi connectivity index (χ0n) is 26.1. The Hall–Kier alpha value is -4.50. The molecule has 2 aliphatic rings. The Balaban J connectivity index is 1.42. The van der Waals surface area contributed by atoms with Crippen molar-refractivity contribution >= 4 is 37.5 Å². The summed E-state index contributed by atoms with van der Waals surface area (Å²) >= 11 is 3.74. The Bertz CT molecular complexity index is 2400. The van der Waals surface area contributed by atoms with Crippen molar-refractivity contribution in [2.75, 3.05) is 0 Å². The molecule has 2 unspecified atom stereocenters. The van der Waals surface area contributed by atoms with Gasteiger partial charge in [-0.1, -0.05) is 139 Å². The third-order valence-electron chi connectivity index (χ3n) is 11.1. The van der Waals surface area contributed by atoms with Crippen molar-refractivity contribution < 1.29 is 5.11 Å². The minimum atomic E-state index is -1.35. The Morgan fingerprint density at radius 3 is 1.70 bits per heavy atom. The van der Waals surface area contributed by atoms with Gasteiger partial charge in [-0.25, -0.2) is 0 Å². The molecule has 1 nitrogen and oxygen atoms in total. The predicted octanol–water partition coefficient (Wildman–Crippen LogP) is 11.0. The Morgan fingerprint density at radius 1 is 0.435 bits per heavy atom. The van der Waals surface area contributed by atoms with Crippen LogP contribution in [0.15, 0.2) is 144 Å². The lowest BCUT2D eigenvalue weighted by atomic mass is 9.58. The Kier molecular flexibility index (Phi) is 5.75. The fourth-order valence-corrected chi connectivity index (χ4v) is 8.89. The molecule has 46 heavy (non-hydrogen) atoms. The smallest absolute Gasteiger partial charge is 0.141 e.